The summed E-state index contributed by atoms with van der Waals surface area (Å²) in [6, 6.07) is 0. The van der Waals surface area contributed by atoms with E-state index in [0.29, 0.717) is 6.54 Å². The van der Waals surface area contributed by atoms with Gasteiger partial charge in [-0.3, -0.25) is 9.69 Å². The molecule has 0 aliphatic carbocycles. The Morgan fingerprint density at radius 2 is 2.00 bits per heavy atom. The van der Waals surface area contributed by atoms with Gasteiger partial charge in [-0.1, -0.05) is 0 Å². The Labute approximate surface area is 72.0 Å². The van der Waals surface area contributed by atoms with E-state index in [0.717, 1.165) is 6.67 Å². The molecule has 0 aromatic rings. The molecule has 0 bridgehead atoms. The van der Waals surface area contributed by atoms with E-state index in [2.05, 4.69) is 0 Å². The van der Waals surface area contributed by atoms with Crippen LogP contribution in [0, 0.1) is 0 Å². The first-order valence-corrected chi connectivity index (χ1v) is 2.62. The molecule has 54 valence electrons. The number of halogens is 1. The second kappa shape index (κ2) is 3.36. The maximum atomic E-state index is 10.7. The molecule has 1 aliphatic heterocycles. The van der Waals surface area contributed by atoms with Crippen molar-refractivity contribution >= 4 is 29.9 Å². The number of likely N-dealkylation sites (N-methyl/N-ethyl adjacent to an activating group) is 2. The molecule has 1 aliphatic rings. The summed E-state index contributed by atoms with van der Waals surface area (Å²) >= 11 is 0. The normalized spacial score (nSPS) is 20.2. The molecule has 0 radical (unpaired) electrons. The minimum absolute atomic E-state index is 0. The Morgan fingerprint density at radius 1 is 1.44 bits per heavy atom. The molecule has 0 aromatic carbocycles. The topological polar surface area (TPSA) is 23.6 Å². The molecular formula is C5H11IN2O. The molecule has 3 nitrogen and oxygen atoms in total. The maximum Gasteiger partial charge on any atom is 0.237 e. The van der Waals surface area contributed by atoms with Crippen LogP contribution in [0.2, 0.25) is 0 Å². The molecular weight excluding hydrogens is 231 g/mol. The predicted molar refractivity (Wildman–Crippen MR) is 45.7 cm³/mol. The minimum atomic E-state index is 0. The van der Waals surface area contributed by atoms with Crippen LogP contribution in [0.1, 0.15) is 0 Å². The number of carbonyl (C=O) groups excluding carboxylic acids is 1. The third-order valence-electron chi connectivity index (χ3n) is 1.28. The first-order chi connectivity index (χ1) is 3.70. The molecule has 1 heterocycles. The van der Waals surface area contributed by atoms with Crippen LogP contribution in [0.5, 0.6) is 0 Å². The zero-order valence-electron chi connectivity index (χ0n) is 5.63. The summed E-state index contributed by atoms with van der Waals surface area (Å²) in [7, 11) is 3.74. The zero-order valence-corrected chi connectivity index (χ0v) is 7.96. The fourth-order valence-corrected chi connectivity index (χ4v) is 0.843. The van der Waals surface area contributed by atoms with Gasteiger partial charge in [0, 0.05) is 7.05 Å². The highest BCUT2D eigenvalue weighted by atomic mass is 127. The Kier molecular flexibility index (Phi) is 3.42. The molecule has 0 saturated carbocycles. The number of amides is 1. The fourth-order valence-electron chi connectivity index (χ4n) is 0.843. The Morgan fingerprint density at radius 3 is 2.11 bits per heavy atom. The highest BCUT2D eigenvalue weighted by molar-refractivity contribution is 14.0. The summed E-state index contributed by atoms with van der Waals surface area (Å²) in [4.78, 5) is 14.4. The molecule has 0 atom stereocenters. The van der Waals surface area contributed by atoms with Crippen LogP contribution < -0.4 is 0 Å². The van der Waals surface area contributed by atoms with Gasteiger partial charge in [0.05, 0.1) is 13.2 Å². The SMILES string of the molecule is CN1CC(=O)N(C)C1.I. The van der Waals surface area contributed by atoms with Crippen molar-refractivity contribution in [3.05, 3.63) is 0 Å². The van der Waals surface area contributed by atoms with E-state index in [4.69, 9.17) is 0 Å². The van der Waals surface area contributed by atoms with Gasteiger partial charge in [0.25, 0.3) is 0 Å². The molecule has 0 spiro atoms. The average Bonchev–Trinajstić information content (AvgIpc) is 1.85. The van der Waals surface area contributed by atoms with Crippen molar-refractivity contribution in [2.45, 2.75) is 0 Å². The molecule has 1 amide bonds. The van der Waals surface area contributed by atoms with Crippen molar-refractivity contribution in [3.8, 4) is 0 Å². The molecule has 0 aromatic heterocycles. The Hall–Kier alpha value is 0.160. The van der Waals surface area contributed by atoms with Crippen LogP contribution in [0.25, 0.3) is 0 Å². The number of hydrogen-bond donors (Lipinski definition) is 0. The van der Waals surface area contributed by atoms with E-state index in [9.17, 15) is 4.79 Å². The standard InChI is InChI=1S/C5H10N2O.HI/c1-6-3-5(8)7(2)4-6;/h3-4H2,1-2H3;1H. The first-order valence-electron chi connectivity index (χ1n) is 2.62. The number of nitrogens with zero attached hydrogens (tertiary/aromatic N) is 2. The van der Waals surface area contributed by atoms with Gasteiger partial charge in [-0.2, -0.15) is 0 Å². The summed E-state index contributed by atoms with van der Waals surface area (Å²) in [6.45, 7) is 1.36. The van der Waals surface area contributed by atoms with Gasteiger partial charge in [-0.05, 0) is 7.05 Å². The van der Waals surface area contributed by atoms with E-state index >= 15 is 0 Å². The van der Waals surface area contributed by atoms with Gasteiger partial charge >= 0.3 is 0 Å². The molecule has 0 N–H and O–H groups in total. The van der Waals surface area contributed by atoms with Crippen molar-refractivity contribution in [3.63, 3.8) is 0 Å². The lowest BCUT2D eigenvalue weighted by Crippen LogP contribution is -2.20. The summed E-state index contributed by atoms with van der Waals surface area (Å²) < 4.78 is 0. The molecule has 4 heteroatoms. The Bertz CT molecular complexity index is 118. The van der Waals surface area contributed by atoms with Gasteiger partial charge < -0.3 is 4.90 Å². The van der Waals surface area contributed by atoms with E-state index < -0.39 is 0 Å². The van der Waals surface area contributed by atoms with Crippen molar-refractivity contribution in [1.82, 2.24) is 9.80 Å². The van der Waals surface area contributed by atoms with Crippen molar-refractivity contribution in [2.75, 3.05) is 27.3 Å². The second-order valence-corrected chi connectivity index (χ2v) is 2.25. The highest BCUT2D eigenvalue weighted by Gasteiger charge is 2.19. The molecule has 0 unspecified atom stereocenters. The van der Waals surface area contributed by atoms with Crippen molar-refractivity contribution in [1.29, 1.82) is 0 Å². The number of rotatable bonds is 0. The van der Waals surface area contributed by atoms with E-state index in [-0.39, 0.29) is 29.9 Å². The van der Waals surface area contributed by atoms with Gasteiger partial charge in [-0.15, -0.1) is 24.0 Å². The fraction of sp³-hybridized carbons (Fsp3) is 0.800. The highest BCUT2D eigenvalue weighted by Crippen LogP contribution is 1.98. The summed E-state index contributed by atoms with van der Waals surface area (Å²) in [5.41, 5.74) is 0. The zero-order chi connectivity index (χ0) is 6.15. The van der Waals surface area contributed by atoms with E-state index in [1.807, 2.05) is 19.0 Å². The summed E-state index contributed by atoms with van der Waals surface area (Å²) in [5, 5.41) is 0. The largest absolute Gasteiger partial charge is 0.332 e. The van der Waals surface area contributed by atoms with Gasteiger partial charge in [-0.25, -0.2) is 0 Å². The molecule has 1 rings (SSSR count). The van der Waals surface area contributed by atoms with Gasteiger partial charge in [0.2, 0.25) is 5.91 Å². The van der Waals surface area contributed by atoms with E-state index in [1.165, 1.54) is 0 Å². The van der Waals surface area contributed by atoms with Crippen molar-refractivity contribution < 1.29 is 4.79 Å². The summed E-state index contributed by atoms with van der Waals surface area (Å²) in [5.74, 6) is 0.215. The predicted octanol–water partition coefficient (Wildman–Crippen LogP) is -0.0343. The summed E-state index contributed by atoms with van der Waals surface area (Å²) in [6.07, 6.45) is 0. The lowest BCUT2D eigenvalue weighted by Gasteiger charge is -2.06. The number of carbonyl (C=O) groups is 1. The average molecular weight is 242 g/mol. The van der Waals surface area contributed by atoms with Gasteiger partial charge in [0.1, 0.15) is 0 Å². The molecule has 1 saturated heterocycles. The molecule has 9 heavy (non-hydrogen) atoms. The van der Waals surface area contributed by atoms with Crippen molar-refractivity contribution in [2.24, 2.45) is 0 Å². The third kappa shape index (κ3) is 2.09. The molecule has 1 fully saturated rings. The van der Waals surface area contributed by atoms with Crippen LogP contribution in [0.4, 0.5) is 0 Å². The van der Waals surface area contributed by atoms with Crippen LogP contribution in [0.15, 0.2) is 0 Å². The third-order valence-corrected chi connectivity index (χ3v) is 1.28. The van der Waals surface area contributed by atoms with Crippen LogP contribution >= 0.6 is 24.0 Å². The maximum absolute atomic E-state index is 10.7. The number of hydrogen-bond acceptors (Lipinski definition) is 2. The minimum Gasteiger partial charge on any atom is -0.332 e. The van der Waals surface area contributed by atoms with Crippen LogP contribution in [-0.2, 0) is 4.79 Å². The monoisotopic (exact) mass is 242 g/mol. The Balaban J connectivity index is 0.000000640. The van der Waals surface area contributed by atoms with Crippen LogP contribution in [0.3, 0.4) is 0 Å². The smallest absolute Gasteiger partial charge is 0.237 e. The first kappa shape index (κ1) is 9.16. The van der Waals surface area contributed by atoms with Gasteiger partial charge in [0.15, 0.2) is 0 Å². The second-order valence-electron chi connectivity index (χ2n) is 2.25. The van der Waals surface area contributed by atoms with Crippen LogP contribution in [-0.4, -0.2) is 43.0 Å². The van der Waals surface area contributed by atoms with E-state index in [1.54, 1.807) is 4.90 Å². The lowest BCUT2D eigenvalue weighted by atomic mass is 10.6. The lowest BCUT2D eigenvalue weighted by molar-refractivity contribution is -0.125. The quantitative estimate of drug-likeness (QED) is 0.557.